The molecule has 0 N–H and O–H groups in total. The Morgan fingerprint density at radius 2 is 2.06 bits per heavy atom. The number of carbonyl (C=O) groups excluding carboxylic acids is 1. The largest absolute Gasteiger partial charge is 0.341 e. The third kappa shape index (κ3) is 3.58. The molecule has 0 fully saturated rings. The molecule has 0 saturated heterocycles. The summed E-state index contributed by atoms with van der Waals surface area (Å²) < 4.78 is 1.19. The number of nitriles is 1. The summed E-state index contributed by atoms with van der Waals surface area (Å²) in [5, 5.41) is 8.44. The zero-order valence-electron chi connectivity index (χ0n) is 8.57. The minimum absolute atomic E-state index is 0.126. The maximum Gasteiger partial charge on any atom is 0.253 e. The van der Waals surface area contributed by atoms with Crippen LogP contribution in [0.2, 0.25) is 0 Å². The van der Waals surface area contributed by atoms with Gasteiger partial charge in [0.15, 0.2) is 0 Å². The highest BCUT2D eigenvalue weighted by Gasteiger charge is 2.12. The molecular weight excluding hydrogens is 338 g/mol. The van der Waals surface area contributed by atoms with E-state index < -0.39 is 0 Å². The standard InChI is InChI=1S/C10H9Br2N3O/c1-15(4-2-3-13)10(16)7-5-8(11)14-9(12)6-7/h5-6H,2,4H2,1H3. The van der Waals surface area contributed by atoms with Crippen molar-refractivity contribution < 1.29 is 4.79 Å². The molecule has 0 radical (unpaired) electrons. The summed E-state index contributed by atoms with van der Waals surface area (Å²) in [6.07, 6.45) is 0.329. The third-order valence-corrected chi connectivity index (χ3v) is 2.73. The van der Waals surface area contributed by atoms with Gasteiger partial charge < -0.3 is 4.90 Å². The quantitative estimate of drug-likeness (QED) is 0.790. The Morgan fingerprint density at radius 1 is 1.50 bits per heavy atom. The summed E-state index contributed by atoms with van der Waals surface area (Å²) in [5.41, 5.74) is 0.536. The molecule has 0 aliphatic heterocycles. The maximum atomic E-state index is 11.9. The lowest BCUT2D eigenvalue weighted by Crippen LogP contribution is -2.27. The first-order valence-electron chi connectivity index (χ1n) is 4.50. The molecule has 4 nitrogen and oxygen atoms in total. The number of aromatic nitrogens is 1. The molecule has 84 valence electrons. The molecule has 16 heavy (non-hydrogen) atoms. The van der Waals surface area contributed by atoms with Gasteiger partial charge in [-0.3, -0.25) is 4.79 Å². The second-order valence-corrected chi connectivity index (χ2v) is 4.76. The summed E-state index contributed by atoms with van der Waals surface area (Å²) >= 11 is 6.44. The van der Waals surface area contributed by atoms with Crippen molar-refractivity contribution >= 4 is 37.8 Å². The molecule has 0 aliphatic rings. The van der Waals surface area contributed by atoms with Crippen molar-refractivity contribution in [2.45, 2.75) is 6.42 Å². The molecule has 0 saturated carbocycles. The van der Waals surface area contributed by atoms with Crippen molar-refractivity contribution in [2.24, 2.45) is 0 Å². The fourth-order valence-corrected chi connectivity index (χ4v) is 2.24. The fourth-order valence-electron chi connectivity index (χ4n) is 1.13. The van der Waals surface area contributed by atoms with Crippen LogP contribution in [0.5, 0.6) is 0 Å². The molecule has 6 heteroatoms. The van der Waals surface area contributed by atoms with E-state index in [1.165, 1.54) is 4.90 Å². The van der Waals surface area contributed by atoms with Crippen LogP contribution in [0.4, 0.5) is 0 Å². The van der Waals surface area contributed by atoms with Crippen molar-refractivity contribution in [3.05, 3.63) is 26.9 Å². The van der Waals surface area contributed by atoms with Gasteiger partial charge in [-0.15, -0.1) is 0 Å². The Balaban J connectivity index is 2.84. The van der Waals surface area contributed by atoms with Crippen LogP contribution in [-0.4, -0.2) is 29.4 Å². The highest BCUT2D eigenvalue weighted by atomic mass is 79.9. The van der Waals surface area contributed by atoms with E-state index >= 15 is 0 Å². The van der Waals surface area contributed by atoms with Crippen LogP contribution in [0.1, 0.15) is 16.8 Å². The van der Waals surface area contributed by atoms with Crippen molar-refractivity contribution in [3.63, 3.8) is 0 Å². The molecule has 0 unspecified atom stereocenters. The van der Waals surface area contributed by atoms with E-state index in [-0.39, 0.29) is 5.91 Å². The summed E-state index contributed by atoms with van der Waals surface area (Å²) in [4.78, 5) is 17.5. The number of nitrogens with zero attached hydrogens (tertiary/aromatic N) is 3. The van der Waals surface area contributed by atoms with Gasteiger partial charge in [-0.1, -0.05) is 0 Å². The fraction of sp³-hybridized carbons (Fsp3) is 0.300. The van der Waals surface area contributed by atoms with Gasteiger partial charge in [0.25, 0.3) is 5.91 Å². The van der Waals surface area contributed by atoms with E-state index in [9.17, 15) is 4.79 Å². The molecular formula is C10H9Br2N3O. The predicted molar refractivity (Wildman–Crippen MR) is 66.8 cm³/mol. The van der Waals surface area contributed by atoms with Gasteiger partial charge in [0.1, 0.15) is 9.21 Å². The second-order valence-electron chi connectivity index (χ2n) is 3.14. The van der Waals surface area contributed by atoms with Crippen LogP contribution in [0, 0.1) is 11.3 Å². The number of amides is 1. The molecule has 0 aromatic carbocycles. The lowest BCUT2D eigenvalue weighted by atomic mass is 10.2. The van der Waals surface area contributed by atoms with E-state index in [1.807, 2.05) is 6.07 Å². The average Bonchev–Trinajstić information content (AvgIpc) is 2.23. The molecule has 1 amide bonds. The Labute approximate surface area is 111 Å². The Morgan fingerprint density at radius 3 is 2.56 bits per heavy atom. The van der Waals surface area contributed by atoms with Gasteiger partial charge in [-0.2, -0.15) is 5.26 Å². The van der Waals surface area contributed by atoms with Gasteiger partial charge >= 0.3 is 0 Å². The molecule has 0 spiro atoms. The maximum absolute atomic E-state index is 11.9. The Kier molecular flexibility index (Phi) is 4.90. The Hall–Kier alpha value is -0.930. The summed E-state index contributed by atoms with van der Waals surface area (Å²) in [7, 11) is 1.67. The molecule has 1 rings (SSSR count). The van der Waals surface area contributed by atoms with E-state index in [0.29, 0.717) is 27.7 Å². The van der Waals surface area contributed by atoms with Gasteiger partial charge in [0, 0.05) is 19.2 Å². The lowest BCUT2D eigenvalue weighted by molar-refractivity contribution is 0.0797. The zero-order chi connectivity index (χ0) is 12.1. The van der Waals surface area contributed by atoms with Crippen molar-refractivity contribution in [2.75, 3.05) is 13.6 Å². The van der Waals surface area contributed by atoms with Crippen LogP contribution in [0.25, 0.3) is 0 Å². The highest BCUT2D eigenvalue weighted by molar-refractivity contribution is 9.11. The third-order valence-electron chi connectivity index (χ3n) is 1.92. The minimum Gasteiger partial charge on any atom is -0.341 e. The van der Waals surface area contributed by atoms with Crippen molar-refractivity contribution in [1.29, 1.82) is 5.26 Å². The van der Waals surface area contributed by atoms with Crippen LogP contribution in [0.3, 0.4) is 0 Å². The molecule has 0 aliphatic carbocycles. The molecule has 1 aromatic rings. The number of rotatable bonds is 3. The van der Waals surface area contributed by atoms with Crippen LogP contribution in [-0.2, 0) is 0 Å². The second kappa shape index (κ2) is 5.97. The van der Waals surface area contributed by atoms with Gasteiger partial charge in [0.05, 0.1) is 12.5 Å². The monoisotopic (exact) mass is 345 g/mol. The first-order chi connectivity index (χ1) is 7.54. The van der Waals surface area contributed by atoms with Gasteiger partial charge in [-0.25, -0.2) is 4.98 Å². The van der Waals surface area contributed by atoms with Crippen molar-refractivity contribution in [3.8, 4) is 6.07 Å². The average molecular weight is 347 g/mol. The zero-order valence-corrected chi connectivity index (χ0v) is 11.7. The van der Waals surface area contributed by atoms with Crippen LogP contribution < -0.4 is 0 Å². The van der Waals surface area contributed by atoms with Gasteiger partial charge in [-0.05, 0) is 44.0 Å². The highest BCUT2D eigenvalue weighted by Crippen LogP contribution is 2.16. The first-order valence-corrected chi connectivity index (χ1v) is 6.08. The summed E-state index contributed by atoms with van der Waals surface area (Å²) in [6.45, 7) is 0.424. The van der Waals surface area contributed by atoms with E-state index in [2.05, 4.69) is 36.8 Å². The molecule has 1 aromatic heterocycles. The van der Waals surface area contributed by atoms with E-state index in [0.717, 1.165) is 0 Å². The van der Waals surface area contributed by atoms with Gasteiger partial charge in [0.2, 0.25) is 0 Å². The smallest absolute Gasteiger partial charge is 0.253 e. The number of hydrogen-bond donors (Lipinski definition) is 0. The SMILES string of the molecule is CN(CCC#N)C(=O)c1cc(Br)nc(Br)c1. The Bertz CT molecular complexity index is 422. The topological polar surface area (TPSA) is 57.0 Å². The van der Waals surface area contributed by atoms with Crippen LogP contribution >= 0.6 is 31.9 Å². The molecule has 0 atom stereocenters. The summed E-state index contributed by atoms with van der Waals surface area (Å²) in [6, 6.07) is 5.30. The summed E-state index contributed by atoms with van der Waals surface area (Å²) in [5.74, 6) is -0.126. The van der Waals surface area contributed by atoms with E-state index in [4.69, 9.17) is 5.26 Å². The van der Waals surface area contributed by atoms with Crippen LogP contribution in [0.15, 0.2) is 21.3 Å². The minimum atomic E-state index is -0.126. The molecule has 1 heterocycles. The predicted octanol–water partition coefficient (Wildman–Crippen LogP) is 2.59. The van der Waals surface area contributed by atoms with E-state index in [1.54, 1.807) is 19.2 Å². The normalized spacial score (nSPS) is 9.62. The van der Waals surface area contributed by atoms with Crippen molar-refractivity contribution in [1.82, 2.24) is 9.88 Å². The number of halogens is 2. The number of pyridine rings is 1. The number of hydrogen-bond acceptors (Lipinski definition) is 3. The molecule has 0 bridgehead atoms. The lowest BCUT2D eigenvalue weighted by Gasteiger charge is -2.15. The number of carbonyl (C=O) groups is 1. The first kappa shape index (κ1) is 13.1.